The van der Waals surface area contributed by atoms with Crippen LogP contribution in [0, 0.1) is 0 Å². The number of fused-ring (bicyclic) bond motifs is 1. The summed E-state index contributed by atoms with van der Waals surface area (Å²) in [7, 11) is 0. The SMILES string of the molecule is NCc1cccn(Cc2ccc3c(c2)CCC3)c1=O. The highest BCUT2D eigenvalue weighted by molar-refractivity contribution is 5.35. The molecule has 0 spiro atoms. The summed E-state index contributed by atoms with van der Waals surface area (Å²) in [6.07, 6.45) is 5.44. The van der Waals surface area contributed by atoms with Gasteiger partial charge in [-0.15, -0.1) is 0 Å². The number of pyridine rings is 1. The van der Waals surface area contributed by atoms with E-state index in [1.165, 1.54) is 36.0 Å². The fraction of sp³-hybridized carbons (Fsp3) is 0.312. The van der Waals surface area contributed by atoms with E-state index in [-0.39, 0.29) is 5.56 Å². The van der Waals surface area contributed by atoms with Crippen molar-refractivity contribution in [3.63, 3.8) is 0 Å². The van der Waals surface area contributed by atoms with Crippen LogP contribution < -0.4 is 11.3 Å². The summed E-state index contributed by atoms with van der Waals surface area (Å²) in [5, 5.41) is 0. The summed E-state index contributed by atoms with van der Waals surface area (Å²) in [4.78, 5) is 12.1. The quantitative estimate of drug-likeness (QED) is 0.908. The summed E-state index contributed by atoms with van der Waals surface area (Å²) in [6.45, 7) is 0.920. The van der Waals surface area contributed by atoms with Crippen molar-refractivity contribution in [2.45, 2.75) is 32.4 Å². The van der Waals surface area contributed by atoms with Gasteiger partial charge in [-0.3, -0.25) is 4.79 Å². The van der Waals surface area contributed by atoms with Crippen molar-refractivity contribution >= 4 is 0 Å². The minimum absolute atomic E-state index is 0.0190. The van der Waals surface area contributed by atoms with E-state index in [0.717, 1.165) is 0 Å². The highest BCUT2D eigenvalue weighted by Gasteiger charge is 2.11. The van der Waals surface area contributed by atoms with E-state index in [9.17, 15) is 4.79 Å². The van der Waals surface area contributed by atoms with Crippen molar-refractivity contribution in [3.05, 3.63) is 69.1 Å². The van der Waals surface area contributed by atoms with E-state index in [1.807, 2.05) is 12.3 Å². The molecule has 1 aliphatic carbocycles. The normalized spacial score (nSPS) is 13.5. The Labute approximate surface area is 112 Å². The number of hydrogen-bond acceptors (Lipinski definition) is 2. The average Bonchev–Trinajstić information content (AvgIpc) is 2.88. The van der Waals surface area contributed by atoms with Gasteiger partial charge in [-0.2, -0.15) is 0 Å². The van der Waals surface area contributed by atoms with Crippen molar-refractivity contribution < 1.29 is 0 Å². The largest absolute Gasteiger partial charge is 0.326 e. The Morgan fingerprint density at radius 3 is 2.84 bits per heavy atom. The first-order valence-corrected chi connectivity index (χ1v) is 6.77. The lowest BCUT2D eigenvalue weighted by Gasteiger charge is -2.09. The molecular weight excluding hydrogens is 236 g/mol. The first-order chi connectivity index (χ1) is 9.28. The number of aryl methyl sites for hydroxylation is 2. The van der Waals surface area contributed by atoms with Gasteiger partial charge in [0.2, 0.25) is 0 Å². The predicted molar refractivity (Wildman–Crippen MR) is 76.2 cm³/mol. The molecule has 2 N–H and O–H groups in total. The summed E-state index contributed by atoms with van der Waals surface area (Å²) < 4.78 is 1.73. The molecule has 0 fully saturated rings. The Balaban J connectivity index is 1.91. The van der Waals surface area contributed by atoms with Gasteiger partial charge in [-0.05, 0) is 42.0 Å². The van der Waals surface area contributed by atoms with Crippen molar-refractivity contribution in [3.8, 4) is 0 Å². The van der Waals surface area contributed by atoms with E-state index in [2.05, 4.69) is 18.2 Å². The summed E-state index contributed by atoms with van der Waals surface area (Å²) in [5.41, 5.74) is 10.4. The van der Waals surface area contributed by atoms with Crippen LogP contribution in [0.1, 0.15) is 28.7 Å². The van der Waals surface area contributed by atoms with Crippen molar-refractivity contribution in [1.82, 2.24) is 4.57 Å². The maximum atomic E-state index is 12.1. The van der Waals surface area contributed by atoms with Gasteiger partial charge in [0.1, 0.15) is 0 Å². The molecule has 0 bridgehead atoms. The molecule has 0 aliphatic heterocycles. The monoisotopic (exact) mass is 254 g/mol. The van der Waals surface area contributed by atoms with Gasteiger partial charge in [0.25, 0.3) is 5.56 Å². The molecule has 3 heteroatoms. The number of rotatable bonds is 3. The van der Waals surface area contributed by atoms with E-state index in [4.69, 9.17) is 5.73 Å². The molecule has 1 aromatic carbocycles. The molecule has 0 saturated carbocycles. The van der Waals surface area contributed by atoms with E-state index in [0.29, 0.717) is 18.7 Å². The molecule has 2 aromatic rings. The van der Waals surface area contributed by atoms with Crippen molar-refractivity contribution in [2.75, 3.05) is 0 Å². The molecule has 0 unspecified atom stereocenters. The maximum absolute atomic E-state index is 12.1. The minimum Gasteiger partial charge on any atom is -0.326 e. The van der Waals surface area contributed by atoms with E-state index >= 15 is 0 Å². The smallest absolute Gasteiger partial charge is 0.255 e. The standard InChI is InChI=1S/C16H18N2O/c17-10-15-5-2-8-18(16(15)19)11-12-6-7-13-3-1-4-14(13)9-12/h2,5-9H,1,3-4,10-11,17H2. The Hall–Kier alpha value is -1.87. The number of nitrogens with two attached hydrogens (primary N) is 1. The first-order valence-electron chi connectivity index (χ1n) is 6.77. The molecular formula is C16H18N2O. The third-order valence-corrected chi connectivity index (χ3v) is 3.83. The van der Waals surface area contributed by atoms with Crippen molar-refractivity contribution in [1.29, 1.82) is 0 Å². The zero-order valence-electron chi connectivity index (χ0n) is 10.9. The molecule has 1 aromatic heterocycles. The van der Waals surface area contributed by atoms with Gasteiger partial charge in [-0.25, -0.2) is 0 Å². The Morgan fingerprint density at radius 1 is 1.16 bits per heavy atom. The number of hydrogen-bond donors (Lipinski definition) is 1. The molecule has 0 saturated heterocycles. The fourth-order valence-electron chi connectivity index (χ4n) is 2.79. The van der Waals surface area contributed by atoms with Gasteiger partial charge < -0.3 is 10.3 Å². The Morgan fingerprint density at radius 2 is 2.00 bits per heavy atom. The minimum atomic E-state index is 0.0190. The van der Waals surface area contributed by atoms with Gasteiger partial charge in [0, 0.05) is 18.3 Å². The second kappa shape index (κ2) is 5.02. The third-order valence-electron chi connectivity index (χ3n) is 3.83. The summed E-state index contributed by atoms with van der Waals surface area (Å²) in [5.74, 6) is 0. The van der Waals surface area contributed by atoms with Gasteiger partial charge in [0.15, 0.2) is 0 Å². The zero-order chi connectivity index (χ0) is 13.2. The number of benzene rings is 1. The van der Waals surface area contributed by atoms with Crippen LogP contribution in [0.2, 0.25) is 0 Å². The Kier molecular flexibility index (Phi) is 3.22. The molecule has 98 valence electrons. The van der Waals surface area contributed by atoms with Crippen molar-refractivity contribution in [2.24, 2.45) is 5.73 Å². The van der Waals surface area contributed by atoms with Crippen LogP contribution in [-0.4, -0.2) is 4.57 Å². The van der Waals surface area contributed by atoms with Crippen LogP contribution in [0.5, 0.6) is 0 Å². The van der Waals surface area contributed by atoms with Crippen LogP contribution in [-0.2, 0) is 25.9 Å². The molecule has 3 nitrogen and oxygen atoms in total. The maximum Gasteiger partial charge on any atom is 0.255 e. The zero-order valence-corrected chi connectivity index (χ0v) is 10.9. The third kappa shape index (κ3) is 2.34. The highest BCUT2D eigenvalue weighted by atomic mass is 16.1. The lowest BCUT2D eigenvalue weighted by atomic mass is 10.1. The number of aromatic nitrogens is 1. The van der Waals surface area contributed by atoms with Crippen LogP contribution in [0.3, 0.4) is 0 Å². The topological polar surface area (TPSA) is 48.0 Å². The van der Waals surface area contributed by atoms with Crippen LogP contribution in [0.25, 0.3) is 0 Å². The Bertz CT molecular complexity index is 658. The molecule has 0 radical (unpaired) electrons. The second-order valence-corrected chi connectivity index (χ2v) is 5.13. The second-order valence-electron chi connectivity index (χ2n) is 5.13. The van der Waals surface area contributed by atoms with Gasteiger partial charge in [-0.1, -0.05) is 24.3 Å². The average molecular weight is 254 g/mol. The highest BCUT2D eigenvalue weighted by Crippen LogP contribution is 2.22. The summed E-state index contributed by atoms with van der Waals surface area (Å²) in [6, 6.07) is 10.3. The molecule has 1 heterocycles. The molecule has 1 aliphatic rings. The molecule has 19 heavy (non-hydrogen) atoms. The van der Waals surface area contributed by atoms with Gasteiger partial charge in [0.05, 0.1) is 6.54 Å². The molecule has 0 atom stereocenters. The van der Waals surface area contributed by atoms with Crippen LogP contribution >= 0.6 is 0 Å². The number of nitrogens with zero attached hydrogens (tertiary/aromatic N) is 1. The first kappa shape index (κ1) is 12.2. The molecule has 0 amide bonds. The van der Waals surface area contributed by atoms with Crippen LogP contribution in [0.15, 0.2) is 41.3 Å². The van der Waals surface area contributed by atoms with Crippen LogP contribution in [0.4, 0.5) is 0 Å². The molecule has 3 rings (SSSR count). The van der Waals surface area contributed by atoms with E-state index < -0.39 is 0 Å². The van der Waals surface area contributed by atoms with Gasteiger partial charge >= 0.3 is 0 Å². The summed E-state index contributed by atoms with van der Waals surface area (Å²) >= 11 is 0. The van der Waals surface area contributed by atoms with E-state index in [1.54, 1.807) is 10.6 Å². The fourth-order valence-corrected chi connectivity index (χ4v) is 2.79. The predicted octanol–water partition coefficient (Wildman–Crippen LogP) is 1.84. The lowest BCUT2D eigenvalue weighted by molar-refractivity contribution is 0.743. The lowest BCUT2D eigenvalue weighted by Crippen LogP contribution is -2.25.